The largest absolute Gasteiger partial charge is 0.457 e. The number of benzene rings is 5. The molecule has 0 saturated carbocycles. The van der Waals surface area contributed by atoms with Crippen LogP contribution in [0.25, 0.3) is 11.1 Å². The van der Waals surface area contributed by atoms with Gasteiger partial charge in [0.1, 0.15) is 24.2 Å². The molecular weight excluding hydrogens is 482 g/mol. The molecule has 5 aromatic carbocycles. The van der Waals surface area contributed by atoms with Gasteiger partial charge < -0.3 is 4.74 Å². The van der Waals surface area contributed by atoms with Crippen LogP contribution in [-0.4, -0.2) is 20.5 Å². The summed E-state index contributed by atoms with van der Waals surface area (Å²) in [6.07, 6.45) is 3.05. The predicted octanol–water partition coefficient (Wildman–Crippen LogP) is 7.41. The molecule has 0 aliphatic carbocycles. The minimum absolute atomic E-state index is 0.113. The highest BCUT2D eigenvalue weighted by Crippen LogP contribution is 2.39. The number of nitrogens with zero attached hydrogens (tertiary/aromatic N) is 3. The van der Waals surface area contributed by atoms with Crippen molar-refractivity contribution in [3.8, 4) is 22.6 Å². The maximum atomic E-state index is 14.6. The number of rotatable bonds is 8. The molecule has 1 unspecified atom stereocenters. The Morgan fingerprint density at radius 3 is 1.69 bits per heavy atom. The van der Waals surface area contributed by atoms with Gasteiger partial charge in [-0.05, 0) is 46.5 Å². The van der Waals surface area contributed by atoms with E-state index in [2.05, 4.69) is 22.2 Å². The molecule has 188 valence electrons. The van der Waals surface area contributed by atoms with Crippen molar-refractivity contribution in [3.05, 3.63) is 169 Å². The predicted molar refractivity (Wildman–Crippen MR) is 152 cm³/mol. The van der Waals surface area contributed by atoms with Crippen LogP contribution in [0.5, 0.6) is 11.5 Å². The van der Waals surface area contributed by atoms with Crippen molar-refractivity contribution >= 4 is 5.78 Å². The summed E-state index contributed by atoms with van der Waals surface area (Å²) in [6.45, 7) is 0. The van der Waals surface area contributed by atoms with Gasteiger partial charge in [-0.15, -0.1) is 0 Å². The number of hydrogen-bond acceptors (Lipinski definition) is 4. The molecule has 0 saturated heterocycles. The molecule has 0 aliphatic rings. The second-order valence-electron chi connectivity index (χ2n) is 9.13. The van der Waals surface area contributed by atoms with Crippen molar-refractivity contribution in [2.45, 2.75) is 5.54 Å². The number of aromatic nitrogens is 3. The van der Waals surface area contributed by atoms with Gasteiger partial charge in [-0.2, -0.15) is 5.10 Å². The zero-order valence-electron chi connectivity index (χ0n) is 21.1. The Kier molecular flexibility index (Phi) is 6.54. The molecule has 0 bridgehead atoms. The fourth-order valence-electron chi connectivity index (χ4n) is 4.90. The maximum absolute atomic E-state index is 14.6. The first-order valence-corrected chi connectivity index (χ1v) is 12.7. The summed E-state index contributed by atoms with van der Waals surface area (Å²) < 4.78 is 7.68. The van der Waals surface area contributed by atoms with Crippen LogP contribution in [0.1, 0.15) is 21.5 Å². The zero-order chi connectivity index (χ0) is 26.5. The fourth-order valence-corrected chi connectivity index (χ4v) is 4.90. The second-order valence-corrected chi connectivity index (χ2v) is 9.13. The zero-order valence-corrected chi connectivity index (χ0v) is 21.1. The highest BCUT2D eigenvalue weighted by Gasteiger charge is 2.45. The summed E-state index contributed by atoms with van der Waals surface area (Å²) in [5, 5.41) is 4.51. The van der Waals surface area contributed by atoms with Crippen molar-refractivity contribution in [2.75, 3.05) is 0 Å². The summed E-state index contributed by atoms with van der Waals surface area (Å²) in [4.78, 5) is 18.8. The third-order valence-electron chi connectivity index (χ3n) is 6.79. The van der Waals surface area contributed by atoms with E-state index < -0.39 is 5.54 Å². The number of carbonyl (C=O) groups excluding carboxylic acids is 1. The minimum Gasteiger partial charge on any atom is -0.457 e. The van der Waals surface area contributed by atoms with Gasteiger partial charge in [0.05, 0.1) is 0 Å². The Morgan fingerprint density at radius 2 is 1.10 bits per heavy atom. The maximum Gasteiger partial charge on any atom is 0.199 e. The van der Waals surface area contributed by atoms with Crippen molar-refractivity contribution in [2.24, 2.45) is 0 Å². The van der Waals surface area contributed by atoms with Gasteiger partial charge in [0.2, 0.25) is 0 Å². The van der Waals surface area contributed by atoms with E-state index in [-0.39, 0.29) is 5.78 Å². The monoisotopic (exact) mass is 507 g/mol. The first kappa shape index (κ1) is 24.1. The van der Waals surface area contributed by atoms with Gasteiger partial charge in [0, 0.05) is 5.56 Å². The topological polar surface area (TPSA) is 57.0 Å². The number of para-hydroxylation sites is 1. The third-order valence-corrected chi connectivity index (χ3v) is 6.79. The van der Waals surface area contributed by atoms with E-state index in [1.807, 2.05) is 127 Å². The summed E-state index contributed by atoms with van der Waals surface area (Å²) in [6, 6.07) is 44.8. The molecule has 0 fully saturated rings. The fraction of sp³-hybridized carbons (Fsp3) is 0.0294. The lowest BCUT2D eigenvalue weighted by atomic mass is 9.76. The third kappa shape index (κ3) is 4.62. The molecule has 0 N–H and O–H groups in total. The molecule has 0 aliphatic heterocycles. The van der Waals surface area contributed by atoms with Crippen LogP contribution < -0.4 is 4.74 Å². The summed E-state index contributed by atoms with van der Waals surface area (Å²) in [7, 11) is 0. The van der Waals surface area contributed by atoms with Crippen LogP contribution in [-0.2, 0) is 5.54 Å². The Labute approximate surface area is 227 Å². The number of ether oxygens (including phenoxy) is 1. The molecule has 6 rings (SSSR count). The van der Waals surface area contributed by atoms with Crippen LogP contribution in [0.2, 0.25) is 0 Å². The molecular formula is C34H25N3O2. The number of ketones is 1. The lowest BCUT2D eigenvalue weighted by Crippen LogP contribution is -2.44. The molecule has 0 amide bonds. The highest BCUT2D eigenvalue weighted by molar-refractivity contribution is 6.06. The van der Waals surface area contributed by atoms with E-state index in [1.54, 1.807) is 11.0 Å². The summed E-state index contributed by atoms with van der Waals surface area (Å²) in [5.41, 5.74) is 2.97. The van der Waals surface area contributed by atoms with E-state index >= 15 is 0 Å². The lowest BCUT2D eigenvalue weighted by Gasteiger charge is -2.34. The van der Waals surface area contributed by atoms with Gasteiger partial charge in [-0.3, -0.25) is 4.79 Å². The molecule has 1 aromatic heterocycles. The summed E-state index contributed by atoms with van der Waals surface area (Å²) in [5.74, 6) is 1.30. The van der Waals surface area contributed by atoms with Crippen LogP contribution in [0.3, 0.4) is 0 Å². The summed E-state index contributed by atoms with van der Waals surface area (Å²) >= 11 is 0. The van der Waals surface area contributed by atoms with E-state index in [1.165, 1.54) is 6.33 Å². The quantitative estimate of drug-likeness (QED) is 0.201. The molecule has 5 nitrogen and oxygen atoms in total. The van der Waals surface area contributed by atoms with E-state index in [0.29, 0.717) is 11.3 Å². The Hall–Kier alpha value is -5.29. The van der Waals surface area contributed by atoms with Crippen molar-refractivity contribution < 1.29 is 9.53 Å². The van der Waals surface area contributed by atoms with Gasteiger partial charge in [0.15, 0.2) is 11.3 Å². The van der Waals surface area contributed by atoms with Crippen molar-refractivity contribution in [1.82, 2.24) is 14.8 Å². The number of carbonyl (C=O) groups is 1. The Morgan fingerprint density at radius 1 is 0.590 bits per heavy atom. The van der Waals surface area contributed by atoms with Crippen molar-refractivity contribution in [3.63, 3.8) is 0 Å². The average molecular weight is 508 g/mol. The molecule has 0 spiro atoms. The Bertz CT molecular complexity index is 1650. The Balaban J connectivity index is 1.51. The van der Waals surface area contributed by atoms with Crippen LogP contribution in [0.4, 0.5) is 0 Å². The molecule has 5 heteroatoms. The van der Waals surface area contributed by atoms with Crippen LogP contribution in [0.15, 0.2) is 152 Å². The highest BCUT2D eigenvalue weighted by atomic mass is 16.5. The lowest BCUT2D eigenvalue weighted by molar-refractivity contribution is 0.0878. The van der Waals surface area contributed by atoms with Gasteiger partial charge >= 0.3 is 0 Å². The van der Waals surface area contributed by atoms with Crippen molar-refractivity contribution in [1.29, 1.82) is 0 Å². The van der Waals surface area contributed by atoms with Crippen LogP contribution in [0, 0.1) is 0 Å². The van der Waals surface area contributed by atoms with Gasteiger partial charge in [-0.1, -0.05) is 115 Å². The minimum atomic E-state index is -1.29. The number of Topliss-reactive ketones (excluding diaryl/α,β-unsaturated/α-hetero) is 1. The normalized spacial score (nSPS) is 12.4. The number of hydrogen-bond donors (Lipinski definition) is 0. The standard InChI is InChI=1S/C34H25N3O2/c38-33(28-12-6-2-7-13-28)34(37-25-35-24-36-37,29-18-16-27(17-19-29)26-10-4-1-5-11-26)30-20-22-32(23-21-30)39-31-14-8-3-9-15-31/h1-25H. The van der Waals surface area contributed by atoms with E-state index in [4.69, 9.17) is 4.74 Å². The molecule has 1 atom stereocenters. The molecule has 39 heavy (non-hydrogen) atoms. The first-order chi connectivity index (χ1) is 19.2. The van der Waals surface area contributed by atoms with Gasteiger partial charge in [-0.25, -0.2) is 9.67 Å². The smallest absolute Gasteiger partial charge is 0.199 e. The van der Waals surface area contributed by atoms with Crippen LogP contribution >= 0.6 is 0 Å². The second kappa shape index (κ2) is 10.6. The SMILES string of the molecule is O=C(c1ccccc1)C(c1ccc(Oc2ccccc2)cc1)(c1ccc(-c2ccccc2)cc1)n1cncn1. The van der Waals surface area contributed by atoms with E-state index in [9.17, 15) is 4.79 Å². The molecule has 6 aromatic rings. The van der Waals surface area contributed by atoms with E-state index in [0.717, 1.165) is 28.0 Å². The van der Waals surface area contributed by atoms with Gasteiger partial charge in [0.25, 0.3) is 0 Å². The molecule has 0 radical (unpaired) electrons. The molecule has 1 heterocycles. The average Bonchev–Trinajstić information content (AvgIpc) is 3.55. The first-order valence-electron chi connectivity index (χ1n) is 12.7.